The van der Waals surface area contributed by atoms with Crippen LogP contribution in [0.3, 0.4) is 0 Å². The van der Waals surface area contributed by atoms with E-state index in [1.165, 1.54) is 24.2 Å². The molecule has 0 saturated carbocycles. The van der Waals surface area contributed by atoms with Gasteiger partial charge in [-0.2, -0.15) is 4.68 Å². The fraction of sp³-hybridized carbons (Fsp3) is 0.300. The van der Waals surface area contributed by atoms with E-state index in [0.717, 1.165) is 11.3 Å². The Balaban J connectivity index is 1.56. The first-order valence-electron chi connectivity index (χ1n) is 8.84. The van der Waals surface area contributed by atoms with E-state index in [2.05, 4.69) is 21.6 Å². The van der Waals surface area contributed by atoms with Gasteiger partial charge in [-0.25, -0.2) is 0 Å². The average Bonchev–Trinajstić information content (AvgIpc) is 3.13. The van der Waals surface area contributed by atoms with Crippen LogP contribution < -0.4 is 4.74 Å². The van der Waals surface area contributed by atoms with Gasteiger partial charge in [0, 0.05) is 11.3 Å². The summed E-state index contributed by atoms with van der Waals surface area (Å²) >= 11 is 1.36. The van der Waals surface area contributed by atoms with E-state index in [1.807, 2.05) is 26.0 Å². The Bertz CT molecular complexity index is 956. The fourth-order valence-electron chi connectivity index (χ4n) is 2.66. The first-order chi connectivity index (χ1) is 13.4. The number of hydrogen-bond donors (Lipinski definition) is 1. The van der Waals surface area contributed by atoms with Gasteiger partial charge in [-0.15, -0.1) is 5.10 Å². The van der Waals surface area contributed by atoms with Crippen molar-refractivity contribution in [2.24, 2.45) is 0 Å². The molecule has 1 N–H and O–H groups in total. The molecule has 0 aliphatic rings. The number of aliphatic hydroxyl groups is 1. The second kappa shape index (κ2) is 8.99. The highest BCUT2D eigenvalue weighted by atomic mass is 32.2. The summed E-state index contributed by atoms with van der Waals surface area (Å²) in [6.45, 7) is 5.70. The van der Waals surface area contributed by atoms with Gasteiger partial charge in [0.15, 0.2) is 5.78 Å². The van der Waals surface area contributed by atoms with Crippen LogP contribution in [0.1, 0.15) is 28.4 Å². The zero-order valence-corrected chi connectivity index (χ0v) is 16.8. The summed E-state index contributed by atoms with van der Waals surface area (Å²) < 4.78 is 7.26. The van der Waals surface area contributed by atoms with E-state index in [1.54, 1.807) is 28.9 Å². The number of carbonyl (C=O) groups excluding carboxylic acids is 1. The van der Waals surface area contributed by atoms with E-state index in [-0.39, 0.29) is 12.4 Å². The van der Waals surface area contributed by atoms with Crippen LogP contribution in [0.2, 0.25) is 0 Å². The number of tetrazole rings is 1. The van der Waals surface area contributed by atoms with Crippen LogP contribution in [0, 0.1) is 13.8 Å². The Morgan fingerprint density at radius 3 is 2.64 bits per heavy atom. The molecule has 1 atom stereocenters. The van der Waals surface area contributed by atoms with Gasteiger partial charge < -0.3 is 9.84 Å². The van der Waals surface area contributed by atoms with Gasteiger partial charge >= 0.3 is 0 Å². The minimum Gasteiger partial charge on any atom is -0.491 e. The molecule has 8 heteroatoms. The van der Waals surface area contributed by atoms with Gasteiger partial charge in [-0.1, -0.05) is 29.5 Å². The molecule has 28 heavy (non-hydrogen) atoms. The predicted molar refractivity (Wildman–Crippen MR) is 107 cm³/mol. The molecule has 7 nitrogen and oxygen atoms in total. The summed E-state index contributed by atoms with van der Waals surface area (Å²) in [4.78, 5) is 11.3. The third kappa shape index (κ3) is 4.96. The van der Waals surface area contributed by atoms with Gasteiger partial charge in [0.2, 0.25) is 5.16 Å². The molecule has 146 valence electrons. The number of ketones is 1. The van der Waals surface area contributed by atoms with Crippen molar-refractivity contribution in [3.05, 3.63) is 59.2 Å². The monoisotopic (exact) mass is 398 g/mol. The molecular formula is C20H22N4O3S. The second-order valence-corrected chi connectivity index (χ2v) is 7.51. The van der Waals surface area contributed by atoms with E-state index in [9.17, 15) is 9.90 Å². The molecule has 0 fully saturated rings. The normalized spacial score (nSPS) is 12.0. The van der Waals surface area contributed by atoms with Crippen molar-refractivity contribution in [1.82, 2.24) is 20.2 Å². The molecule has 3 rings (SSSR count). The second-order valence-electron chi connectivity index (χ2n) is 6.52. The number of aliphatic hydroxyl groups excluding tert-OH is 1. The number of rotatable bonds is 8. The summed E-state index contributed by atoms with van der Waals surface area (Å²) in [5.74, 6) is 0.996. The molecule has 0 amide bonds. The Kier molecular flexibility index (Phi) is 6.43. The smallest absolute Gasteiger partial charge is 0.214 e. The maximum absolute atomic E-state index is 11.3. The quantitative estimate of drug-likeness (QED) is 0.461. The van der Waals surface area contributed by atoms with E-state index in [4.69, 9.17) is 4.74 Å². The molecule has 1 aromatic heterocycles. The van der Waals surface area contributed by atoms with E-state index in [0.29, 0.717) is 22.2 Å². The van der Waals surface area contributed by atoms with Crippen LogP contribution in [0.25, 0.3) is 5.69 Å². The summed E-state index contributed by atoms with van der Waals surface area (Å²) in [5, 5.41) is 22.7. The van der Waals surface area contributed by atoms with Crippen LogP contribution in [-0.4, -0.2) is 49.6 Å². The number of hydrogen-bond acceptors (Lipinski definition) is 7. The lowest BCUT2D eigenvalue weighted by Gasteiger charge is -2.12. The van der Waals surface area contributed by atoms with E-state index < -0.39 is 6.10 Å². The highest BCUT2D eigenvalue weighted by Gasteiger charge is 2.14. The van der Waals surface area contributed by atoms with Crippen molar-refractivity contribution in [2.75, 3.05) is 12.4 Å². The van der Waals surface area contributed by atoms with Crippen LogP contribution in [0.4, 0.5) is 0 Å². The van der Waals surface area contributed by atoms with Crippen molar-refractivity contribution in [2.45, 2.75) is 32.0 Å². The van der Waals surface area contributed by atoms with Gasteiger partial charge in [0.05, 0.1) is 11.8 Å². The highest BCUT2D eigenvalue weighted by Crippen LogP contribution is 2.22. The van der Waals surface area contributed by atoms with Crippen molar-refractivity contribution in [3.63, 3.8) is 0 Å². The molecular weight excluding hydrogens is 376 g/mol. The Morgan fingerprint density at radius 2 is 1.96 bits per heavy atom. The number of aryl methyl sites for hydroxylation is 2. The minimum absolute atomic E-state index is 0.00418. The SMILES string of the molecule is CC(=O)c1ccc(OC[C@H](O)CSc2nnnn2-c2ccc(C)cc2C)cc1. The van der Waals surface area contributed by atoms with E-state index >= 15 is 0 Å². The van der Waals surface area contributed by atoms with Crippen LogP contribution in [-0.2, 0) is 0 Å². The van der Waals surface area contributed by atoms with Gasteiger partial charge in [0.25, 0.3) is 0 Å². The van der Waals surface area contributed by atoms with Crippen LogP contribution in [0.5, 0.6) is 5.75 Å². The molecule has 0 aliphatic heterocycles. The fourth-order valence-corrected chi connectivity index (χ4v) is 3.45. The zero-order chi connectivity index (χ0) is 20.1. The average molecular weight is 398 g/mol. The molecule has 0 spiro atoms. The van der Waals surface area contributed by atoms with Gasteiger partial charge in [0.1, 0.15) is 12.4 Å². The Morgan fingerprint density at radius 1 is 1.21 bits per heavy atom. The Labute approximate surface area is 167 Å². The van der Waals surface area contributed by atoms with Crippen LogP contribution in [0.15, 0.2) is 47.6 Å². The van der Waals surface area contributed by atoms with Crippen molar-refractivity contribution >= 4 is 17.5 Å². The number of thioether (sulfide) groups is 1. The third-order valence-electron chi connectivity index (χ3n) is 4.13. The summed E-state index contributed by atoms with van der Waals surface area (Å²) in [7, 11) is 0. The van der Waals surface area contributed by atoms with Gasteiger partial charge in [-0.05, 0) is 67.1 Å². The lowest BCUT2D eigenvalue weighted by Crippen LogP contribution is -2.20. The largest absolute Gasteiger partial charge is 0.491 e. The minimum atomic E-state index is -0.693. The van der Waals surface area contributed by atoms with Crippen molar-refractivity contribution in [3.8, 4) is 11.4 Å². The standard InChI is InChI=1S/C20H22N4O3S/c1-13-4-9-19(14(2)10-13)24-20(21-22-23-24)28-12-17(26)11-27-18-7-5-16(6-8-18)15(3)25/h4-10,17,26H,11-12H2,1-3H3/t17-/m0/s1. The molecule has 0 bridgehead atoms. The van der Waals surface area contributed by atoms with Crippen LogP contribution >= 0.6 is 11.8 Å². The molecule has 0 unspecified atom stereocenters. The molecule has 3 aromatic rings. The number of ether oxygens (including phenoxy) is 1. The topological polar surface area (TPSA) is 90.1 Å². The maximum atomic E-state index is 11.3. The molecule has 0 aliphatic carbocycles. The number of Topliss-reactive ketones (excluding diaryl/α,β-unsaturated/α-hetero) is 1. The first kappa shape index (κ1) is 20.0. The number of benzene rings is 2. The first-order valence-corrected chi connectivity index (χ1v) is 9.83. The number of aromatic nitrogens is 4. The predicted octanol–water partition coefficient (Wildman–Crippen LogP) is 3.01. The van der Waals surface area contributed by atoms with Crippen molar-refractivity contribution in [1.29, 1.82) is 0 Å². The molecule has 2 aromatic carbocycles. The van der Waals surface area contributed by atoms with Gasteiger partial charge in [-0.3, -0.25) is 4.79 Å². The highest BCUT2D eigenvalue weighted by molar-refractivity contribution is 7.99. The van der Waals surface area contributed by atoms with Crippen molar-refractivity contribution < 1.29 is 14.6 Å². The lowest BCUT2D eigenvalue weighted by atomic mass is 10.1. The summed E-state index contributed by atoms with van der Waals surface area (Å²) in [6, 6.07) is 12.9. The zero-order valence-electron chi connectivity index (χ0n) is 16.0. The maximum Gasteiger partial charge on any atom is 0.214 e. The Hall–Kier alpha value is -2.71. The third-order valence-corrected chi connectivity index (χ3v) is 5.19. The number of carbonyl (C=O) groups is 1. The molecule has 0 saturated heterocycles. The summed E-state index contributed by atoms with van der Waals surface area (Å²) in [5.41, 5.74) is 3.79. The molecule has 1 heterocycles. The lowest BCUT2D eigenvalue weighted by molar-refractivity contribution is 0.101. The summed E-state index contributed by atoms with van der Waals surface area (Å²) in [6.07, 6.45) is -0.693. The molecule has 0 radical (unpaired) electrons. The number of nitrogens with zero attached hydrogens (tertiary/aromatic N) is 4.